The molecule has 0 atom stereocenters. The van der Waals surface area contributed by atoms with Crippen molar-refractivity contribution in [3.63, 3.8) is 0 Å². The van der Waals surface area contributed by atoms with Gasteiger partial charge in [0.25, 0.3) is 0 Å². The fraction of sp³-hybridized carbons (Fsp3) is 0.417. The molecule has 2 N–H and O–H groups in total. The highest BCUT2D eigenvalue weighted by atomic mass is 35.5. The van der Waals surface area contributed by atoms with Crippen molar-refractivity contribution >= 4 is 17.3 Å². The minimum atomic E-state index is 0.461. The molecule has 7 heteroatoms. The van der Waals surface area contributed by atoms with Crippen LogP contribution in [0.1, 0.15) is 12.8 Å². The second kappa shape index (κ2) is 5.54. The average Bonchev–Trinajstić information content (AvgIpc) is 2.96. The van der Waals surface area contributed by atoms with Gasteiger partial charge >= 0.3 is 0 Å². The SMILES string of the molecule is Clc1ccc(-n2cnnn2)cc1NC1CCNCC1. The third-order valence-corrected chi connectivity index (χ3v) is 3.59. The molecule has 0 radical (unpaired) electrons. The first kappa shape index (κ1) is 12.4. The summed E-state index contributed by atoms with van der Waals surface area (Å²) in [6, 6.07) is 6.19. The molecule has 1 aliphatic heterocycles. The first-order valence-electron chi connectivity index (χ1n) is 6.33. The first-order valence-corrected chi connectivity index (χ1v) is 6.71. The highest BCUT2D eigenvalue weighted by Gasteiger charge is 2.14. The summed E-state index contributed by atoms with van der Waals surface area (Å²) in [4.78, 5) is 0. The topological polar surface area (TPSA) is 67.7 Å². The van der Waals surface area contributed by atoms with Crippen LogP contribution in [0.3, 0.4) is 0 Å². The van der Waals surface area contributed by atoms with E-state index in [-0.39, 0.29) is 0 Å². The van der Waals surface area contributed by atoms with Crippen molar-refractivity contribution in [2.24, 2.45) is 0 Å². The number of benzene rings is 1. The molecular formula is C12H15ClN6. The van der Waals surface area contributed by atoms with Crippen LogP contribution in [0.25, 0.3) is 5.69 Å². The Morgan fingerprint density at radius 2 is 2.16 bits per heavy atom. The van der Waals surface area contributed by atoms with Crippen molar-refractivity contribution in [2.45, 2.75) is 18.9 Å². The van der Waals surface area contributed by atoms with Crippen LogP contribution in [-0.2, 0) is 0 Å². The van der Waals surface area contributed by atoms with Gasteiger partial charge in [-0.2, -0.15) is 0 Å². The Balaban J connectivity index is 1.81. The van der Waals surface area contributed by atoms with Gasteiger partial charge < -0.3 is 10.6 Å². The second-order valence-electron chi connectivity index (χ2n) is 4.59. The maximum absolute atomic E-state index is 6.24. The normalized spacial score (nSPS) is 16.5. The average molecular weight is 279 g/mol. The molecule has 0 unspecified atom stereocenters. The number of rotatable bonds is 3. The molecule has 2 aromatic rings. The molecule has 3 rings (SSSR count). The number of hydrogen-bond acceptors (Lipinski definition) is 5. The molecule has 2 heterocycles. The molecule has 0 aliphatic carbocycles. The zero-order chi connectivity index (χ0) is 13.1. The van der Waals surface area contributed by atoms with Gasteiger partial charge in [0.1, 0.15) is 6.33 Å². The van der Waals surface area contributed by atoms with Gasteiger partial charge in [-0.15, -0.1) is 5.10 Å². The van der Waals surface area contributed by atoms with Crippen LogP contribution in [0.5, 0.6) is 0 Å². The minimum absolute atomic E-state index is 0.461. The Hall–Kier alpha value is -1.66. The van der Waals surface area contributed by atoms with E-state index in [1.165, 1.54) is 0 Å². The van der Waals surface area contributed by atoms with Crippen LogP contribution in [0.4, 0.5) is 5.69 Å². The molecule has 0 bridgehead atoms. The van der Waals surface area contributed by atoms with Gasteiger partial charge in [0, 0.05) is 6.04 Å². The van der Waals surface area contributed by atoms with E-state index >= 15 is 0 Å². The van der Waals surface area contributed by atoms with E-state index in [0.29, 0.717) is 6.04 Å². The van der Waals surface area contributed by atoms with Gasteiger partial charge in [0.2, 0.25) is 0 Å². The van der Waals surface area contributed by atoms with Crippen molar-refractivity contribution < 1.29 is 0 Å². The van der Waals surface area contributed by atoms with E-state index in [4.69, 9.17) is 11.6 Å². The van der Waals surface area contributed by atoms with Gasteiger partial charge in [-0.1, -0.05) is 11.6 Å². The Kier molecular flexibility index (Phi) is 3.61. The van der Waals surface area contributed by atoms with Gasteiger partial charge in [0.15, 0.2) is 0 Å². The molecule has 1 aliphatic rings. The monoisotopic (exact) mass is 278 g/mol. The predicted molar refractivity (Wildman–Crippen MR) is 73.7 cm³/mol. The third kappa shape index (κ3) is 2.85. The van der Waals surface area contributed by atoms with Gasteiger partial charge in [-0.25, -0.2) is 4.68 Å². The molecule has 1 aromatic carbocycles. The highest BCUT2D eigenvalue weighted by Crippen LogP contribution is 2.26. The predicted octanol–water partition coefficient (Wildman–Crippen LogP) is 1.48. The van der Waals surface area contributed by atoms with Crippen molar-refractivity contribution in [3.05, 3.63) is 29.5 Å². The van der Waals surface area contributed by atoms with Crippen molar-refractivity contribution in [2.75, 3.05) is 18.4 Å². The van der Waals surface area contributed by atoms with E-state index in [0.717, 1.165) is 42.3 Å². The minimum Gasteiger partial charge on any atom is -0.381 e. The molecule has 1 aromatic heterocycles. The van der Waals surface area contributed by atoms with Gasteiger partial charge in [-0.3, -0.25) is 0 Å². The largest absolute Gasteiger partial charge is 0.381 e. The molecule has 1 saturated heterocycles. The summed E-state index contributed by atoms with van der Waals surface area (Å²) < 4.78 is 1.62. The van der Waals surface area contributed by atoms with Crippen LogP contribution in [0.2, 0.25) is 5.02 Å². The molecule has 19 heavy (non-hydrogen) atoms. The Morgan fingerprint density at radius 3 is 2.89 bits per heavy atom. The molecule has 1 fully saturated rings. The lowest BCUT2D eigenvalue weighted by atomic mass is 10.1. The number of hydrogen-bond donors (Lipinski definition) is 2. The van der Waals surface area contributed by atoms with Crippen LogP contribution in [0, 0.1) is 0 Å². The van der Waals surface area contributed by atoms with E-state index in [2.05, 4.69) is 26.2 Å². The summed E-state index contributed by atoms with van der Waals surface area (Å²) in [5.74, 6) is 0. The van der Waals surface area contributed by atoms with Crippen molar-refractivity contribution in [1.29, 1.82) is 0 Å². The standard InChI is InChI=1S/C12H15ClN6/c13-11-2-1-10(19-8-15-17-18-19)7-12(11)16-9-3-5-14-6-4-9/h1-2,7-9,14,16H,3-6H2. The van der Waals surface area contributed by atoms with E-state index in [1.54, 1.807) is 11.0 Å². The molecule has 0 saturated carbocycles. The number of nitrogens with zero attached hydrogens (tertiary/aromatic N) is 4. The quantitative estimate of drug-likeness (QED) is 0.890. The van der Waals surface area contributed by atoms with E-state index in [9.17, 15) is 0 Å². The van der Waals surface area contributed by atoms with E-state index < -0.39 is 0 Å². The number of aromatic nitrogens is 4. The van der Waals surface area contributed by atoms with Gasteiger partial charge in [-0.05, 0) is 54.6 Å². The summed E-state index contributed by atoms with van der Waals surface area (Å²) >= 11 is 6.24. The first-order chi connectivity index (χ1) is 9.33. The fourth-order valence-corrected chi connectivity index (χ4v) is 2.40. The molecule has 6 nitrogen and oxygen atoms in total. The van der Waals surface area contributed by atoms with Crippen LogP contribution >= 0.6 is 11.6 Å². The maximum Gasteiger partial charge on any atom is 0.143 e. The second-order valence-corrected chi connectivity index (χ2v) is 4.99. The lowest BCUT2D eigenvalue weighted by Gasteiger charge is -2.25. The highest BCUT2D eigenvalue weighted by molar-refractivity contribution is 6.33. The third-order valence-electron chi connectivity index (χ3n) is 3.26. The lowest BCUT2D eigenvalue weighted by molar-refractivity contribution is 0.479. The summed E-state index contributed by atoms with van der Waals surface area (Å²) in [6.45, 7) is 2.09. The molecule has 0 amide bonds. The number of tetrazole rings is 1. The Morgan fingerprint density at radius 1 is 1.32 bits per heavy atom. The summed E-state index contributed by atoms with van der Waals surface area (Å²) in [7, 11) is 0. The number of piperidine rings is 1. The fourth-order valence-electron chi connectivity index (χ4n) is 2.23. The Labute approximate surface area is 116 Å². The number of anilines is 1. The zero-order valence-corrected chi connectivity index (χ0v) is 11.1. The lowest BCUT2D eigenvalue weighted by Crippen LogP contribution is -2.35. The maximum atomic E-state index is 6.24. The number of halogens is 1. The van der Waals surface area contributed by atoms with Crippen molar-refractivity contribution in [3.8, 4) is 5.69 Å². The van der Waals surface area contributed by atoms with Crippen LogP contribution in [0.15, 0.2) is 24.5 Å². The Bertz CT molecular complexity index is 535. The van der Waals surface area contributed by atoms with Gasteiger partial charge in [0.05, 0.1) is 16.4 Å². The molecule has 0 spiro atoms. The zero-order valence-electron chi connectivity index (χ0n) is 10.4. The van der Waals surface area contributed by atoms with Crippen LogP contribution in [-0.4, -0.2) is 39.3 Å². The summed E-state index contributed by atoms with van der Waals surface area (Å²) in [6.07, 6.45) is 3.77. The van der Waals surface area contributed by atoms with Crippen LogP contribution < -0.4 is 10.6 Å². The van der Waals surface area contributed by atoms with Crippen molar-refractivity contribution in [1.82, 2.24) is 25.5 Å². The molecule has 100 valence electrons. The van der Waals surface area contributed by atoms with E-state index in [1.807, 2.05) is 18.2 Å². The smallest absolute Gasteiger partial charge is 0.143 e. The summed E-state index contributed by atoms with van der Waals surface area (Å²) in [5.41, 5.74) is 1.83. The summed E-state index contributed by atoms with van der Waals surface area (Å²) in [5, 5.41) is 18.7. The molecular weight excluding hydrogens is 264 g/mol. The number of nitrogens with one attached hydrogen (secondary N) is 2.